The highest BCUT2D eigenvalue weighted by molar-refractivity contribution is 5.40. The first kappa shape index (κ1) is 14.3. The van der Waals surface area contributed by atoms with Gasteiger partial charge in [0.15, 0.2) is 0 Å². The van der Waals surface area contributed by atoms with Crippen LogP contribution < -0.4 is 5.73 Å². The van der Waals surface area contributed by atoms with Gasteiger partial charge < -0.3 is 10.8 Å². The Hall–Kier alpha value is -1.09. The smallest absolute Gasteiger partial charge is 0.129 e. The fraction of sp³-hybridized carbons (Fsp3) is 0.688. The summed E-state index contributed by atoms with van der Waals surface area (Å²) < 4.78 is 0. The van der Waals surface area contributed by atoms with E-state index in [2.05, 4.69) is 25.8 Å². The molecular weight excluding hydrogens is 236 g/mol. The maximum absolute atomic E-state index is 10.5. The van der Waals surface area contributed by atoms with Crippen LogP contribution in [0.2, 0.25) is 0 Å². The standard InChI is InChI=1S/C16H26N2O/c1-16(2,3)12-8-6-11(7-9-12)14(19)13-5-4-10-18-15(13)17/h4-5,10-12,14,19H,6-9H2,1-3H3,(H2,17,18). The van der Waals surface area contributed by atoms with E-state index in [0.29, 0.717) is 17.2 Å². The van der Waals surface area contributed by atoms with Gasteiger partial charge in [0.1, 0.15) is 5.82 Å². The van der Waals surface area contributed by atoms with Crippen molar-refractivity contribution >= 4 is 5.82 Å². The van der Waals surface area contributed by atoms with Gasteiger partial charge in [-0.15, -0.1) is 0 Å². The first-order valence-electron chi connectivity index (χ1n) is 7.28. The van der Waals surface area contributed by atoms with E-state index in [1.165, 1.54) is 12.8 Å². The summed E-state index contributed by atoms with van der Waals surface area (Å²) in [6.45, 7) is 6.94. The number of rotatable bonds is 2. The Morgan fingerprint density at radius 1 is 1.26 bits per heavy atom. The van der Waals surface area contributed by atoms with Crippen molar-refractivity contribution in [2.75, 3.05) is 5.73 Å². The summed E-state index contributed by atoms with van der Waals surface area (Å²) in [4.78, 5) is 4.07. The molecule has 1 saturated carbocycles. The van der Waals surface area contributed by atoms with Crippen LogP contribution in [-0.4, -0.2) is 10.1 Å². The number of aromatic nitrogens is 1. The van der Waals surface area contributed by atoms with Crippen molar-refractivity contribution in [3.05, 3.63) is 23.9 Å². The number of nitrogen functional groups attached to an aromatic ring is 1. The Morgan fingerprint density at radius 2 is 1.89 bits per heavy atom. The van der Waals surface area contributed by atoms with E-state index in [-0.39, 0.29) is 0 Å². The average molecular weight is 262 g/mol. The van der Waals surface area contributed by atoms with Gasteiger partial charge in [-0.25, -0.2) is 4.98 Å². The molecule has 1 aliphatic carbocycles. The normalized spacial score (nSPS) is 26.1. The molecule has 0 bridgehead atoms. The molecule has 1 unspecified atom stereocenters. The highest BCUT2D eigenvalue weighted by Crippen LogP contribution is 2.43. The third kappa shape index (κ3) is 3.27. The van der Waals surface area contributed by atoms with E-state index in [1.54, 1.807) is 6.20 Å². The number of anilines is 1. The molecule has 0 amide bonds. The molecule has 106 valence electrons. The number of nitrogens with zero attached hydrogens (tertiary/aromatic N) is 1. The van der Waals surface area contributed by atoms with Crippen LogP contribution in [0.15, 0.2) is 18.3 Å². The van der Waals surface area contributed by atoms with Crippen LogP contribution in [0.1, 0.15) is 58.1 Å². The molecule has 3 heteroatoms. The fourth-order valence-corrected chi connectivity index (χ4v) is 3.23. The van der Waals surface area contributed by atoms with Crippen molar-refractivity contribution in [2.45, 2.75) is 52.6 Å². The second-order valence-electron chi connectivity index (χ2n) is 6.90. The van der Waals surface area contributed by atoms with E-state index in [1.807, 2.05) is 12.1 Å². The molecule has 3 nitrogen and oxygen atoms in total. The number of pyridine rings is 1. The van der Waals surface area contributed by atoms with E-state index in [0.717, 1.165) is 24.3 Å². The number of hydrogen-bond donors (Lipinski definition) is 2. The van der Waals surface area contributed by atoms with Gasteiger partial charge in [0.2, 0.25) is 0 Å². The number of aliphatic hydroxyl groups is 1. The predicted octanol–water partition coefficient (Wildman–Crippen LogP) is 3.55. The number of aliphatic hydroxyl groups excluding tert-OH is 1. The maximum Gasteiger partial charge on any atom is 0.129 e. The van der Waals surface area contributed by atoms with Crippen molar-refractivity contribution in [1.29, 1.82) is 0 Å². The molecule has 1 aromatic rings. The summed E-state index contributed by atoms with van der Waals surface area (Å²) in [6.07, 6.45) is 5.77. The summed E-state index contributed by atoms with van der Waals surface area (Å²) in [5, 5.41) is 10.5. The lowest BCUT2D eigenvalue weighted by atomic mass is 9.68. The highest BCUT2D eigenvalue weighted by atomic mass is 16.3. The Morgan fingerprint density at radius 3 is 2.42 bits per heavy atom. The summed E-state index contributed by atoms with van der Waals surface area (Å²) in [7, 11) is 0. The molecule has 0 saturated heterocycles. The molecule has 1 heterocycles. The topological polar surface area (TPSA) is 59.1 Å². The molecule has 0 aromatic carbocycles. The van der Waals surface area contributed by atoms with Gasteiger partial charge in [-0.2, -0.15) is 0 Å². The second kappa shape index (κ2) is 5.49. The molecule has 2 rings (SSSR count). The van der Waals surface area contributed by atoms with Crippen LogP contribution in [0, 0.1) is 17.3 Å². The van der Waals surface area contributed by atoms with Crippen molar-refractivity contribution in [3.63, 3.8) is 0 Å². The molecular formula is C16H26N2O. The molecule has 1 aromatic heterocycles. The minimum Gasteiger partial charge on any atom is -0.388 e. The highest BCUT2D eigenvalue weighted by Gasteiger charge is 2.33. The first-order chi connectivity index (χ1) is 8.89. The average Bonchev–Trinajstić information content (AvgIpc) is 2.38. The van der Waals surface area contributed by atoms with Gasteiger partial charge in [-0.3, -0.25) is 0 Å². The van der Waals surface area contributed by atoms with Crippen molar-refractivity contribution in [1.82, 2.24) is 4.98 Å². The molecule has 0 spiro atoms. The van der Waals surface area contributed by atoms with Gasteiger partial charge >= 0.3 is 0 Å². The van der Waals surface area contributed by atoms with Crippen molar-refractivity contribution < 1.29 is 5.11 Å². The molecule has 1 atom stereocenters. The largest absolute Gasteiger partial charge is 0.388 e. The van der Waals surface area contributed by atoms with E-state index >= 15 is 0 Å². The Labute approximate surface area is 116 Å². The Balaban J connectivity index is 2.00. The number of hydrogen-bond acceptors (Lipinski definition) is 3. The zero-order valence-corrected chi connectivity index (χ0v) is 12.3. The molecule has 19 heavy (non-hydrogen) atoms. The molecule has 1 fully saturated rings. The van der Waals surface area contributed by atoms with Crippen LogP contribution in [0.4, 0.5) is 5.82 Å². The van der Waals surface area contributed by atoms with Crippen LogP contribution in [-0.2, 0) is 0 Å². The third-order valence-corrected chi connectivity index (χ3v) is 4.63. The first-order valence-corrected chi connectivity index (χ1v) is 7.28. The quantitative estimate of drug-likeness (QED) is 0.857. The lowest BCUT2D eigenvalue weighted by molar-refractivity contribution is 0.0531. The van der Waals surface area contributed by atoms with Crippen LogP contribution >= 0.6 is 0 Å². The minimum absolute atomic E-state index is 0.324. The third-order valence-electron chi connectivity index (χ3n) is 4.63. The lowest BCUT2D eigenvalue weighted by Gasteiger charge is -2.38. The summed E-state index contributed by atoms with van der Waals surface area (Å²) >= 11 is 0. The second-order valence-corrected chi connectivity index (χ2v) is 6.90. The monoisotopic (exact) mass is 262 g/mol. The summed E-state index contributed by atoms with van der Waals surface area (Å²) in [5.41, 5.74) is 7.03. The van der Waals surface area contributed by atoms with Gasteiger partial charge in [0.05, 0.1) is 6.10 Å². The summed E-state index contributed by atoms with van der Waals surface area (Å²) in [6, 6.07) is 3.73. The molecule has 0 aliphatic heterocycles. The molecule has 0 radical (unpaired) electrons. The minimum atomic E-state index is -0.463. The fourth-order valence-electron chi connectivity index (χ4n) is 3.23. The van der Waals surface area contributed by atoms with Gasteiger partial charge in [0, 0.05) is 11.8 Å². The Bertz CT molecular complexity index is 417. The molecule has 3 N–H and O–H groups in total. The number of nitrogens with two attached hydrogens (primary N) is 1. The SMILES string of the molecule is CC(C)(C)C1CCC(C(O)c2cccnc2N)CC1. The van der Waals surface area contributed by atoms with Crippen LogP contribution in [0.5, 0.6) is 0 Å². The zero-order chi connectivity index (χ0) is 14.0. The van der Waals surface area contributed by atoms with Gasteiger partial charge in [-0.05, 0) is 49.0 Å². The predicted molar refractivity (Wildman–Crippen MR) is 78.5 cm³/mol. The molecule has 1 aliphatic rings. The van der Waals surface area contributed by atoms with E-state index in [9.17, 15) is 5.11 Å². The lowest BCUT2D eigenvalue weighted by Crippen LogP contribution is -2.28. The van der Waals surface area contributed by atoms with Crippen LogP contribution in [0.3, 0.4) is 0 Å². The van der Waals surface area contributed by atoms with Crippen LogP contribution in [0.25, 0.3) is 0 Å². The van der Waals surface area contributed by atoms with E-state index < -0.39 is 6.10 Å². The Kier molecular flexibility index (Phi) is 4.14. The van der Waals surface area contributed by atoms with Crippen molar-refractivity contribution in [2.24, 2.45) is 17.3 Å². The van der Waals surface area contributed by atoms with Gasteiger partial charge in [-0.1, -0.05) is 26.8 Å². The summed E-state index contributed by atoms with van der Waals surface area (Å²) in [5.74, 6) is 1.56. The van der Waals surface area contributed by atoms with Gasteiger partial charge in [0.25, 0.3) is 0 Å². The van der Waals surface area contributed by atoms with Crippen molar-refractivity contribution in [3.8, 4) is 0 Å². The zero-order valence-electron chi connectivity index (χ0n) is 12.3. The maximum atomic E-state index is 10.5. The van der Waals surface area contributed by atoms with E-state index in [4.69, 9.17) is 5.73 Å².